The number of carbonyl (C=O) groups is 1. The van der Waals surface area contributed by atoms with Gasteiger partial charge >= 0.3 is 0 Å². The Labute approximate surface area is 160 Å². The number of fused-ring (bicyclic) bond motifs is 1. The van der Waals surface area contributed by atoms with Gasteiger partial charge in [0.2, 0.25) is 5.13 Å². The third kappa shape index (κ3) is 3.85. The van der Waals surface area contributed by atoms with Crippen LogP contribution in [0, 0.1) is 5.92 Å². The molecule has 8 heteroatoms. The summed E-state index contributed by atoms with van der Waals surface area (Å²) in [5.41, 5.74) is 2.21. The maximum Gasteiger partial charge on any atom is 0.279 e. The number of carbonyl (C=O) groups excluding carboxylic acids is 1. The molecule has 0 saturated carbocycles. The summed E-state index contributed by atoms with van der Waals surface area (Å²) in [6.45, 7) is 6.27. The van der Waals surface area contributed by atoms with Gasteiger partial charge in [-0.15, -0.1) is 10.2 Å². The first-order chi connectivity index (χ1) is 13.0. The van der Waals surface area contributed by atoms with Gasteiger partial charge in [0, 0.05) is 24.5 Å². The van der Waals surface area contributed by atoms with Crippen molar-refractivity contribution >= 4 is 22.4 Å². The van der Waals surface area contributed by atoms with Gasteiger partial charge in [-0.3, -0.25) is 10.1 Å². The van der Waals surface area contributed by atoms with Gasteiger partial charge in [-0.1, -0.05) is 30.3 Å². The van der Waals surface area contributed by atoms with E-state index in [9.17, 15) is 4.79 Å². The molecule has 0 fully saturated rings. The zero-order chi connectivity index (χ0) is 19.0. The number of hydrogen-bond donors (Lipinski definition) is 1. The van der Waals surface area contributed by atoms with E-state index in [1.807, 2.05) is 25.1 Å². The van der Waals surface area contributed by atoms with Crippen molar-refractivity contribution in [3.8, 4) is 17.1 Å². The van der Waals surface area contributed by atoms with Crippen LogP contribution in [-0.4, -0.2) is 27.4 Å². The van der Waals surface area contributed by atoms with Gasteiger partial charge < -0.3 is 9.26 Å². The number of ether oxygens (including phenoxy) is 1. The highest BCUT2D eigenvalue weighted by molar-refractivity contribution is 7.15. The minimum atomic E-state index is -0.365. The van der Waals surface area contributed by atoms with Crippen LogP contribution in [0.15, 0.2) is 28.8 Å². The first-order valence-electron chi connectivity index (χ1n) is 8.88. The van der Waals surface area contributed by atoms with Gasteiger partial charge in [0.15, 0.2) is 11.5 Å². The molecule has 0 bridgehead atoms. The number of aromatic nitrogens is 3. The number of anilines is 1. The number of hydrogen-bond acceptors (Lipinski definition) is 7. The largest absolute Gasteiger partial charge is 0.490 e. The van der Waals surface area contributed by atoms with Crippen LogP contribution in [0.2, 0.25) is 0 Å². The molecule has 1 aliphatic heterocycles. The standard InChI is InChI=1S/C19H20N4O3S/c1-10(2)6-17-21-22-19(27-17)20-18(24)14-9-16(26-23-14)12-4-5-15-13(8-12)7-11(3)25-15/h4-5,8-11H,6-7H2,1-3H3,(H,20,22,24). The second-order valence-corrected chi connectivity index (χ2v) is 8.15. The van der Waals surface area contributed by atoms with E-state index in [0.717, 1.165) is 34.7 Å². The molecule has 1 N–H and O–H groups in total. The van der Waals surface area contributed by atoms with Gasteiger partial charge in [-0.05, 0) is 36.6 Å². The summed E-state index contributed by atoms with van der Waals surface area (Å²) in [6, 6.07) is 7.48. The fourth-order valence-corrected chi connectivity index (χ4v) is 3.94. The fraction of sp³-hybridized carbons (Fsp3) is 0.368. The fourth-order valence-electron chi connectivity index (χ4n) is 2.99. The Bertz CT molecular complexity index is 979. The molecule has 1 atom stereocenters. The molecule has 27 heavy (non-hydrogen) atoms. The predicted octanol–water partition coefficient (Wildman–Crippen LogP) is 3.97. The number of rotatable bonds is 5. The summed E-state index contributed by atoms with van der Waals surface area (Å²) in [7, 11) is 0. The Morgan fingerprint density at radius 1 is 1.33 bits per heavy atom. The molecule has 1 amide bonds. The highest BCUT2D eigenvalue weighted by Crippen LogP contribution is 2.33. The molecule has 4 rings (SSSR count). The molecule has 1 unspecified atom stereocenters. The van der Waals surface area contributed by atoms with E-state index >= 15 is 0 Å². The summed E-state index contributed by atoms with van der Waals surface area (Å²) in [5, 5.41) is 16.1. The molecule has 0 aliphatic carbocycles. The van der Waals surface area contributed by atoms with Crippen LogP contribution in [0.25, 0.3) is 11.3 Å². The van der Waals surface area contributed by atoms with E-state index in [4.69, 9.17) is 9.26 Å². The second kappa shape index (κ2) is 7.11. The molecular weight excluding hydrogens is 364 g/mol. The third-order valence-corrected chi connectivity index (χ3v) is 5.05. The normalized spacial score (nSPS) is 15.6. The van der Waals surface area contributed by atoms with Crippen LogP contribution in [0.5, 0.6) is 5.75 Å². The van der Waals surface area contributed by atoms with Gasteiger partial charge in [0.25, 0.3) is 5.91 Å². The smallest absolute Gasteiger partial charge is 0.279 e. The highest BCUT2D eigenvalue weighted by Gasteiger charge is 2.21. The zero-order valence-electron chi connectivity index (χ0n) is 15.4. The van der Waals surface area contributed by atoms with Gasteiger partial charge in [0.1, 0.15) is 16.9 Å². The third-order valence-electron chi connectivity index (χ3n) is 4.19. The summed E-state index contributed by atoms with van der Waals surface area (Å²) in [5.74, 6) is 1.56. The Hall–Kier alpha value is -2.74. The maximum absolute atomic E-state index is 12.4. The number of benzene rings is 1. The molecule has 3 aromatic rings. The Morgan fingerprint density at radius 2 is 2.19 bits per heavy atom. The van der Waals surface area contributed by atoms with Crippen LogP contribution in [-0.2, 0) is 12.8 Å². The second-order valence-electron chi connectivity index (χ2n) is 7.08. The monoisotopic (exact) mass is 384 g/mol. The van der Waals surface area contributed by atoms with Crippen molar-refractivity contribution in [2.24, 2.45) is 5.92 Å². The molecule has 7 nitrogen and oxygen atoms in total. The van der Waals surface area contributed by atoms with Crippen molar-refractivity contribution in [3.63, 3.8) is 0 Å². The van der Waals surface area contributed by atoms with E-state index in [1.54, 1.807) is 6.07 Å². The quantitative estimate of drug-likeness (QED) is 0.716. The minimum absolute atomic E-state index is 0.179. The van der Waals surface area contributed by atoms with Crippen LogP contribution in [0.1, 0.15) is 41.8 Å². The minimum Gasteiger partial charge on any atom is -0.490 e. The Morgan fingerprint density at radius 3 is 3.00 bits per heavy atom. The van der Waals surface area contributed by atoms with Crippen molar-refractivity contribution in [1.29, 1.82) is 0 Å². The van der Waals surface area contributed by atoms with Crippen molar-refractivity contribution in [2.45, 2.75) is 39.7 Å². The van der Waals surface area contributed by atoms with E-state index < -0.39 is 0 Å². The van der Waals surface area contributed by atoms with Crippen LogP contribution in [0.4, 0.5) is 5.13 Å². The average Bonchev–Trinajstić information content (AvgIpc) is 3.32. The Kier molecular flexibility index (Phi) is 4.65. The van der Waals surface area contributed by atoms with Crippen molar-refractivity contribution < 1.29 is 14.1 Å². The molecule has 140 valence electrons. The van der Waals surface area contributed by atoms with E-state index in [0.29, 0.717) is 16.8 Å². The molecular formula is C19H20N4O3S. The SMILES string of the molecule is CC(C)Cc1nnc(NC(=O)c2cc(-c3ccc4c(c3)CC(C)O4)on2)s1. The lowest BCUT2D eigenvalue weighted by molar-refractivity contribution is 0.101. The zero-order valence-corrected chi connectivity index (χ0v) is 16.2. The van der Waals surface area contributed by atoms with Crippen molar-refractivity contribution in [2.75, 3.05) is 5.32 Å². The lowest BCUT2D eigenvalue weighted by Gasteiger charge is -2.02. The lowest BCUT2D eigenvalue weighted by Crippen LogP contribution is -2.11. The highest BCUT2D eigenvalue weighted by atomic mass is 32.1. The molecule has 1 aromatic carbocycles. The summed E-state index contributed by atoms with van der Waals surface area (Å²) in [4.78, 5) is 12.4. The van der Waals surface area contributed by atoms with Gasteiger partial charge in [-0.25, -0.2) is 0 Å². The van der Waals surface area contributed by atoms with E-state index in [1.165, 1.54) is 11.3 Å². The first-order valence-corrected chi connectivity index (χ1v) is 9.70. The summed E-state index contributed by atoms with van der Waals surface area (Å²) < 4.78 is 11.1. The van der Waals surface area contributed by atoms with Crippen molar-refractivity contribution in [1.82, 2.24) is 15.4 Å². The molecule has 2 aromatic heterocycles. The van der Waals surface area contributed by atoms with Crippen LogP contribution >= 0.6 is 11.3 Å². The predicted molar refractivity (Wildman–Crippen MR) is 102 cm³/mol. The summed E-state index contributed by atoms with van der Waals surface area (Å²) in [6.07, 6.45) is 1.88. The van der Waals surface area contributed by atoms with Gasteiger partial charge in [0.05, 0.1) is 0 Å². The molecule has 1 aliphatic rings. The summed E-state index contributed by atoms with van der Waals surface area (Å²) >= 11 is 1.37. The molecule has 3 heterocycles. The number of amides is 1. The molecule has 0 saturated heterocycles. The van der Waals surface area contributed by atoms with Crippen LogP contribution in [0.3, 0.4) is 0 Å². The first kappa shape index (κ1) is 17.7. The average molecular weight is 384 g/mol. The molecule has 0 spiro atoms. The van der Waals surface area contributed by atoms with E-state index in [-0.39, 0.29) is 17.7 Å². The Balaban J connectivity index is 1.47. The topological polar surface area (TPSA) is 90.1 Å². The van der Waals surface area contributed by atoms with Gasteiger partial charge in [-0.2, -0.15) is 0 Å². The maximum atomic E-state index is 12.4. The van der Waals surface area contributed by atoms with Crippen molar-refractivity contribution in [3.05, 3.63) is 40.5 Å². The molecule has 0 radical (unpaired) electrons. The number of nitrogens with one attached hydrogen (secondary N) is 1. The van der Waals surface area contributed by atoms with Crippen LogP contribution < -0.4 is 10.1 Å². The lowest BCUT2D eigenvalue weighted by atomic mass is 10.1. The van der Waals surface area contributed by atoms with E-state index in [2.05, 4.69) is 34.5 Å². The number of nitrogens with zero attached hydrogens (tertiary/aromatic N) is 3.